The van der Waals surface area contributed by atoms with E-state index in [4.69, 9.17) is 19.9 Å². The monoisotopic (exact) mass is 287 g/mol. The van der Waals surface area contributed by atoms with Gasteiger partial charge in [-0.3, -0.25) is 0 Å². The number of esters is 1. The molecule has 5 heteroatoms. The van der Waals surface area contributed by atoms with Crippen LogP contribution in [0.4, 0.5) is 5.69 Å². The minimum Gasteiger partial charge on any atom is -0.497 e. The molecule has 110 valence electrons. The Balaban J connectivity index is 2.12. The predicted molar refractivity (Wildman–Crippen MR) is 79.5 cm³/mol. The fourth-order valence-corrected chi connectivity index (χ4v) is 1.92. The molecular formula is C16H17NO4. The van der Waals surface area contributed by atoms with Gasteiger partial charge in [-0.15, -0.1) is 0 Å². The van der Waals surface area contributed by atoms with E-state index in [1.807, 2.05) is 18.2 Å². The Morgan fingerprint density at radius 2 is 1.86 bits per heavy atom. The maximum absolute atomic E-state index is 12.2. The Morgan fingerprint density at radius 3 is 2.57 bits per heavy atom. The molecule has 2 aromatic carbocycles. The van der Waals surface area contributed by atoms with Crippen molar-refractivity contribution in [2.24, 2.45) is 0 Å². The SMILES string of the molecule is COc1cccc(COC(=O)c2c(N)cccc2OC)c1. The first kappa shape index (κ1) is 14.7. The number of benzene rings is 2. The second-order valence-electron chi connectivity index (χ2n) is 4.35. The number of hydrogen-bond acceptors (Lipinski definition) is 5. The highest BCUT2D eigenvalue weighted by molar-refractivity contribution is 5.98. The van der Waals surface area contributed by atoms with Crippen LogP contribution in [0.15, 0.2) is 42.5 Å². The van der Waals surface area contributed by atoms with Crippen molar-refractivity contribution in [3.63, 3.8) is 0 Å². The topological polar surface area (TPSA) is 70.8 Å². The predicted octanol–water partition coefficient (Wildman–Crippen LogP) is 2.64. The van der Waals surface area contributed by atoms with E-state index >= 15 is 0 Å². The van der Waals surface area contributed by atoms with Crippen LogP contribution in [-0.4, -0.2) is 20.2 Å². The van der Waals surface area contributed by atoms with Crippen LogP contribution in [0.3, 0.4) is 0 Å². The molecule has 21 heavy (non-hydrogen) atoms. The molecule has 0 spiro atoms. The average Bonchev–Trinajstić information content (AvgIpc) is 2.52. The van der Waals surface area contributed by atoms with Gasteiger partial charge in [-0.2, -0.15) is 0 Å². The van der Waals surface area contributed by atoms with Gasteiger partial charge in [0.05, 0.1) is 14.2 Å². The number of anilines is 1. The van der Waals surface area contributed by atoms with Crippen molar-refractivity contribution in [3.05, 3.63) is 53.6 Å². The summed E-state index contributed by atoms with van der Waals surface area (Å²) >= 11 is 0. The maximum atomic E-state index is 12.2. The number of hydrogen-bond donors (Lipinski definition) is 1. The molecule has 2 rings (SSSR count). The van der Waals surface area contributed by atoms with Gasteiger partial charge in [0.1, 0.15) is 23.7 Å². The zero-order chi connectivity index (χ0) is 15.2. The fourth-order valence-electron chi connectivity index (χ4n) is 1.92. The van der Waals surface area contributed by atoms with E-state index in [1.165, 1.54) is 7.11 Å². The van der Waals surface area contributed by atoms with Gasteiger partial charge in [0.15, 0.2) is 0 Å². The summed E-state index contributed by atoms with van der Waals surface area (Å²) in [5, 5.41) is 0. The minimum atomic E-state index is -0.521. The lowest BCUT2D eigenvalue weighted by molar-refractivity contribution is 0.0470. The van der Waals surface area contributed by atoms with Gasteiger partial charge in [-0.1, -0.05) is 18.2 Å². The Bertz CT molecular complexity index is 640. The quantitative estimate of drug-likeness (QED) is 0.676. The third-order valence-corrected chi connectivity index (χ3v) is 2.99. The molecule has 0 saturated heterocycles. The molecule has 0 aliphatic carbocycles. The summed E-state index contributed by atoms with van der Waals surface area (Å²) in [6.07, 6.45) is 0. The first-order chi connectivity index (χ1) is 10.2. The summed E-state index contributed by atoms with van der Waals surface area (Å²) in [6, 6.07) is 12.3. The highest BCUT2D eigenvalue weighted by Crippen LogP contribution is 2.25. The van der Waals surface area contributed by atoms with Crippen LogP contribution in [0.2, 0.25) is 0 Å². The molecule has 2 N–H and O–H groups in total. The molecular weight excluding hydrogens is 270 g/mol. The number of methoxy groups -OCH3 is 2. The van der Waals surface area contributed by atoms with E-state index in [0.717, 1.165) is 5.56 Å². The number of carbonyl (C=O) groups is 1. The molecule has 0 fully saturated rings. The highest BCUT2D eigenvalue weighted by atomic mass is 16.5. The lowest BCUT2D eigenvalue weighted by Crippen LogP contribution is -2.10. The van der Waals surface area contributed by atoms with E-state index in [2.05, 4.69) is 0 Å². The molecule has 0 radical (unpaired) electrons. The smallest absolute Gasteiger partial charge is 0.344 e. The second kappa shape index (κ2) is 6.65. The molecule has 0 unspecified atom stereocenters. The van der Waals surface area contributed by atoms with Gasteiger partial charge in [-0.25, -0.2) is 4.79 Å². The molecule has 0 heterocycles. The fraction of sp³-hybridized carbons (Fsp3) is 0.188. The van der Waals surface area contributed by atoms with Gasteiger partial charge in [0.25, 0.3) is 0 Å². The summed E-state index contributed by atoms with van der Waals surface area (Å²) in [4.78, 5) is 12.2. The van der Waals surface area contributed by atoms with Crippen LogP contribution in [0.5, 0.6) is 11.5 Å². The van der Waals surface area contributed by atoms with Crippen LogP contribution in [-0.2, 0) is 11.3 Å². The van der Waals surface area contributed by atoms with Crippen LogP contribution in [0.1, 0.15) is 15.9 Å². The Kier molecular flexibility index (Phi) is 4.66. The first-order valence-corrected chi connectivity index (χ1v) is 6.38. The van der Waals surface area contributed by atoms with Crippen LogP contribution >= 0.6 is 0 Å². The molecule has 0 aliphatic heterocycles. The van der Waals surface area contributed by atoms with E-state index in [0.29, 0.717) is 17.2 Å². The number of nitrogen functional groups attached to an aromatic ring is 1. The van der Waals surface area contributed by atoms with Crippen molar-refractivity contribution < 1.29 is 19.0 Å². The van der Waals surface area contributed by atoms with E-state index in [-0.39, 0.29) is 12.2 Å². The minimum absolute atomic E-state index is 0.132. The van der Waals surface area contributed by atoms with Gasteiger partial charge >= 0.3 is 5.97 Å². The van der Waals surface area contributed by atoms with Gasteiger partial charge in [0.2, 0.25) is 0 Å². The third kappa shape index (κ3) is 3.45. The van der Waals surface area contributed by atoms with Gasteiger partial charge in [-0.05, 0) is 29.8 Å². The average molecular weight is 287 g/mol. The summed E-state index contributed by atoms with van der Waals surface area (Å²) in [5.74, 6) is 0.582. The number of ether oxygens (including phenoxy) is 3. The Hall–Kier alpha value is -2.69. The summed E-state index contributed by atoms with van der Waals surface area (Å²) in [6.45, 7) is 0.132. The molecule has 0 atom stereocenters. The van der Waals surface area contributed by atoms with Crippen molar-refractivity contribution in [3.8, 4) is 11.5 Å². The Labute approximate surface area is 123 Å². The standard InChI is InChI=1S/C16H17NO4/c1-19-12-6-3-5-11(9-12)10-21-16(18)15-13(17)7-4-8-14(15)20-2/h3-9H,10,17H2,1-2H3. The van der Waals surface area contributed by atoms with Crippen LogP contribution in [0, 0.1) is 0 Å². The van der Waals surface area contributed by atoms with Crippen LogP contribution < -0.4 is 15.2 Å². The summed E-state index contributed by atoms with van der Waals surface area (Å²) < 4.78 is 15.5. The third-order valence-electron chi connectivity index (χ3n) is 2.99. The zero-order valence-electron chi connectivity index (χ0n) is 12.0. The van der Waals surface area contributed by atoms with Gasteiger partial charge < -0.3 is 19.9 Å². The maximum Gasteiger partial charge on any atom is 0.344 e. The van der Waals surface area contributed by atoms with E-state index in [1.54, 1.807) is 31.4 Å². The van der Waals surface area contributed by atoms with Crippen molar-refractivity contribution in [2.45, 2.75) is 6.61 Å². The second-order valence-corrected chi connectivity index (χ2v) is 4.35. The normalized spacial score (nSPS) is 10.0. The molecule has 0 saturated carbocycles. The van der Waals surface area contributed by atoms with Crippen molar-refractivity contribution in [1.29, 1.82) is 0 Å². The summed E-state index contributed by atoms with van der Waals surface area (Å²) in [7, 11) is 3.06. The molecule has 0 aliphatic rings. The number of carbonyl (C=O) groups excluding carboxylic acids is 1. The lowest BCUT2D eigenvalue weighted by Gasteiger charge is -2.11. The molecule has 2 aromatic rings. The van der Waals surface area contributed by atoms with Crippen LogP contribution in [0.25, 0.3) is 0 Å². The molecule has 0 aromatic heterocycles. The Morgan fingerprint density at radius 1 is 1.10 bits per heavy atom. The number of nitrogens with two attached hydrogens (primary N) is 1. The van der Waals surface area contributed by atoms with E-state index in [9.17, 15) is 4.79 Å². The molecule has 0 bridgehead atoms. The van der Waals surface area contributed by atoms with Crippen molar-refractivity contribution in [2.75, 3.05) is 20.0 Å². The summed E-state index contributed by atoms with van der Waals surface area (Å²) in [5.41, 5.74) is 7.20. The first-order valence-electron chi connectivity index (χ1n) is 6.38. The lowest BCUT2D eigenvalue weighted by atomic mass is 10.1. The zero-order valence-corrected chi connectivity index (χ0v) is 12.0. The molecule has 0 amide bonds. The van der Waals surface area contributed by atoms with E-state index < -0.39 is 5.97 Å². The molecule has 5 nitrogen and oxygen atoms in total. The van der Waals surface area contributed by atoms with Crippen molar-refractivity contribution in [1.82, 2.24) is 0 Å². The van der Waals surface area contributed by atoms with Crippen molar-refractivity contribution >= 4 is 11.7 Å². The largest absolute Gasteiger partial charge is 0.497 e. The van der Waals surface area contributed by atoms with Gasteiger partial charge in [0, 0.05) is 5.69 Å². The number of rotatable bonds is 5. The highest BCUT2D eigenvalue weighted by Gasteiger charge is 2.17.